The summed E-state index contributed by atoms with van der Waals surface area (Å²) in [6.45, 7) is 0.475. The molecule has 3 rings (SSSR count). The van der Waals surface area contributed by atoms with Gasteiger partial charge in [-0.3, -0.25) is 4.31 Å². The lowest BCUT2D eigenvalue weighted by Gasteiger charge is -2.28. The maximum absolute atomic E-state index is 12.3. The first kappa shape index (κ1) is 17.0. The minimum Gasteiger partial charge on any atom is -0.468 e. The van der Waals surface area contributed by atoms with Crippen LogP contribution in [-0.2, 0) is 26.6 Å². The van der Waals surface area contributed by atoms with Gasteiger partial charge in [0.15, 0.2) is 0 Å². The lowest BCUT2D eigenvalue weighted by atomic mass is 10.3. The molecule has 0 spiro atoms. The number of furan rings is 1. The second-order valence-electron chi connectivity index (χ2n) is 5.49. The highest BCUT2D eigenvalue weighted by atomic mass is 32.2. The van der Waals surface area contributed by atoms with Crippen molar-refractivity contribution < 1.29 is 21.3 Å². The van der Waals surface area contributed by atoms with Crippen LogP contribution in [0.15, 0.2) is 52.0 Å². The topological polar surface area (TPSA) is 96.7 Å². The predicted molar refractivity (Wildman–Crippen MR) is 89.5 cm³/mol. The normalized spacial score (nSPS) is 17.8. The average molecular weight is 370 g/mol. The van der Waals surface area contributed by atoms with Crippen molar-refractivity contribution >= 4 is 25.7 Å². The third kappa shape index (κ3) is 3.63. The van der Waals surface area contributed by atoms with Crippen molar-refractivity contribution in [3.05, 3.63) is 48.4 Å². The zero-order chi connectivity index (χ0) is 17.2. The second-order valence-corrected chi connectivity index (χ2v) is 9.27. The number of benzene rings is 1. The molecule has 0 unspecified atom stereocenters. The molecule has 1 aromatic heterocycles. The summed E-state index contributed by atoms with van der Waals surface area (Å²) in [5, 5.41) is 0. The molecule has 1 N–H and O–H groups in total. The van der Waals surface area contributed by atoms with Gasteiger partial charge in [-0.2, -0.15) is 0 Å². The molecule has 0 saturated carbocycles. The summed E-state index contributed by atoms with van der Waals surface area (Å²) in [6.07, 6.45) is 2.92. The van der Waals surface area contributed by atoms with Gasteiger partial charge in [0, 0.05) is 6.54 Å². The highest BCUT2D eigenvalue weighted by Crippen LogP contribution is 2.24. The maximum atomic E-state index is 12.3. The lowest BCUT2D eigenvalue weighted by Crippen LogP contribution is -2.37. The van der Waals surface area contributed by atoms with Crippen molar-refractivity contribution in [1.29, 1.82) is 0 Å². The van der Waals surface area contributed by atoms with Gasteiger partial charge in [-0.1, -0.05) is 0 Å². The van der Waals surface area contributed by atoms with E-state index in [9.17, 15) is 16.8 Å². The van der Waals surface area contributed by atoms with E-state index in [0.29, 0.717) is 24.4 Å². The lowest BCUT2D eigenvalue weighted by molar-refractivity contribution is 0.498. The van der Waals surface area contributed by atoms with Gasteiger partial charge in [0.25, 0.3) is 0 Å². The average Bonchev–Trinajstić information content (AvgIpc) is 3.06. The monoisotopic (exact) mass is 370 g/mol. The number of sulfonamides is 2. The Bertz CT molecular complexity index is 888. The van der Waals surface area contributed by atoms with Crippen LogP contribution in [0.3, 0.4) is 0 Å². The highest BCUT2D eigenvalue weighted by molar-refractivity contribution is 7.92. The summed E-state index contributed by atoms with van der Waals surface area (Å²) in [5.74, 6) is 0.632. The number of hydrogen-bond acceptors (Lipinski definition) is 5. The van der Waals surface area contributed by atoms with Gasteiger partial charge >= 0.3 is 0 Å². The Balaban J connectivity index is 1.76. The largest absolute Gasteiger partial charge is 0.468 e. The molecule has 9 heteroatoms. The van der Waals surface area contributed by atoms with Crippen LogP contribution in [0.5, 0.6) is 0 Å². The molecule has 1 aromatic carbocycles. The van der Waals surface area contributed by atoms with E-state index in [4.69, 9.17) is 4.42 Å². The fraction of sp³-hybridized carbons (Fsp3) is 0.333. The van der Waals surface area contributed by atoms with Crippen LogP contribution in [0.25, 0.3) is 0 Å². The summed E-state index contributed by atoms with van der Waals surface area (Å²) in [7, 11) is -7.00. The molecule has 2 aromatic rings. The number of nitrogens with one attached hydrogen (secondary N) is 1. The second kappa shape index (κ2) is 6.58. The van der Waals surface area contributed by atoms with Crippen LogP contribution in [0.1, 0.15) is 18.6 Å². The quantitative estimate of drug-likeness (QED) is 0.864. The standard InChI is InChI=1S/C15H18N2O5S2/c18-23(19)11-2-1-9-17(23)13-5-7-15(8-6-13)24(20,21)16-12-14-4-3-10-22-14/h3-8,10,16H,1-2,9,11-12H2. The van der Waals surface area contributed by atoms with E-state index in [1.807, 2.05) is 0 Å². The molecule has 0 radical (unpaired) electrons. The molecule has 2 heterocycles. The summed E-state index contributed by atoms with van der Waals surface area (Å²) in [6, 6.07) is 9.20. The zero-order valence-corrected chi connectivity index (χ0v) is 14.5. The first-order valence-corrected chi connectivity index (χ1v) is 10.6. The van der Waals surface area contributed by atoms with Crippen molar-refractivity contribution in [2.45, 2.75) is 24.3 Å². The Morgan fingerprint density at radius 2 is 1.88 bits per heavy atom. The summed E-state index contributed by atoms with van der Waals surface area (Å²) in [5.41, 5.74) is 0.486. The van der Waals surface area contributed by atoms with Crippen molar-refractivity contribution in [2.24, 2.45) is 0 Å². The van der Waals surface area contributed by atoms with Crippen LogP contribution in [-0.4, -0.2) is 29.1 Å². The van der Waals surface area contributed by atoms with Gasteiger partial charge in [0.1, 0.15) is 5.76 Å². The summed E-state index contributed by atoms with van der Waals surface area (Å²) >= 11 is 0. The Morgan fingerprint density at radius 1 is 1.12 bits per heavy atom. The van der Waals surface area contributed by atoms with Crippen LogP contribution >= 0.6 is 0 Å². The van der Waals surface area contributed by atoms with Crippen LogP contribution in [0.4, 0.5) is 5.69 Å². The molecule has 7 nitrogen and oxygen atoms in total. The molecule has 1 fully saturated rings. The van der Waals surface area contributed by atoms with E-state index in [-0.39, 0.29) is 17.2 Å². The molecule has 130 valence electrons. The molecule has 1 aliphatic heterocycles. The molecule has 1 saturated heterocycles. The first-order valence-electron chi connectivity index (χ1n) is 7.51. The fourth-order valence-electron chi connectivity index (χ4n) is 2.53. The summed E-state index contributed by atoms with van der Waals surface area (Å²) in [4.78, 5) is 0.0761. The smallest absolute Gasteiger partial charge is 0.240 e. The van der Waals surface area contributed by atoms with Gasteiger partial charge in [0.05, 0.1) is 29.1 Å². The SMILES string of the molecule is O=S(=O)(NCc1ccco1)c1ccc(N2CCCCS2(=O)=O)cc1. The predicted octanol–water partition coefficient (Wildman–Crippen LogP) is 1.69. The third-order valence-corrected chi connectivity index (χ3v) is 7.09. The van der Waals surface area contributed by atoms with E-state index in [1.165, 1.54) is 34.8 Å². The molecule has 0 bridgehead atoms. The molecular formula is C15H18N2O5S2. The van der Waals surface area contributed by atoms with E-state index in [2.05, 4.69) is 4.72 Å². The van der Waals surface area contributed by atoms with Gasteiger partial charge in [0.2, 0.25) is 20.0 Å². The molecule has 0 atom stereocenters. The number of rotatable bonds is 5. The van der Waals surface area contributed by atoms with Crippen LogP contribution < -0.4 is 9.03 Å². The Labute approximate surface area is 141 Å². The molecular weight excluding hydrogens is 352 g/mol. The first-order chi connectivity index (χ1) is 11.4. The highest BCUT2D eigenvalue weighted by Gasteiger charge is 2.26. The maximum Gasteiger partial charge on any atom is 0.240 e. The van der Waals surface area contributed by atoms with Gasteiger partial charge in [-0.05, 0) is 49.2 Å². The number of hydrogen-bond donors (Lipinski definition) is 1. The van der Waals surface area contributed by atoms with Crippen molar-refractivity contribution in [1.82, 2.24) is 4.72 Å². The van der Waals surface area contributed by atoms with E-state index >= 15 is 0 Å². The third-order valence-electron chi connectivity index (χ3n) is 3.80. The molecule has 0 aliphatic carbocycles. The van der Waals surface area contributed by atoms with E-state index < -0.39 is 20.0 Å². The molecule has 1 aliphatic rings. The van der Waals surface area contributed by atoms with Gasteiger partial charge < -0.3 is 4.42 Å². The fourth-order valence-corrected chi connectivity index (χ4v) is 5.17. The van der Waals surface area contributed by atoms with Gasteiger partial charge in [-0.25, -0.2) is 21.6 Å². The number of anilines is 1. The van der Waals surface area contributed by atoms with Crippen LogP contribution in [0.2, 0.25) is 0 Å². The zero-order valence-electron chi connectivity index (χ0n) is 12.9. The van der Waals surface area contributed by atoms with Crippen molar-refractivity contribution in [3.63, 3.8) is 0 Å². The minimum atomic E-state index is -3.69. The van der Waals surface area contributed by atoms with Gasteiger partial charge in [-0.15, -0.1) is 0 Å². The van der Waals surface area contributed by atoms with E-state index in [0.717, 1.165) is 6.42 Å². The minimum absolute atomic E-state index is 0.0532. The van der Waals surface area contributed by atoms with Crippen LogP contribution in [0, 0.1) is 0 Å². The Morgan fingerprint density at radius 3 is 2.50 bits per heavy atom. The summed E-state index contributed by atoms with van der Waals surface area (Å²) < 4.78 is 57.5. The van der Waals surface area contributed by atoms with Crippen molar-refractivity contribution in [2.75, 3.05) is 16.6 Å². The molecule has 24 heavy (non-hydrogen) atoms. The Kier molecular flexibility index (Phi) is 4.66. The molecule has 0 amide bonds. The Hall–Kier alpha value is -1.84. The number of nitrogens with zero attached hydrogens (tertiary/aromatic N) is 1. The van der Waals surface area contributed by atoms with E-state index in [1.54, 1.807) is 12.1 Å². The van der Waals surface area contributed by atoms with Crippen molar-refractivity contribution in [3.8, 4) is 0 Å².